The van der Waals surface area contributed by atoms with Gasteiger partial charge >= 0.3 is 0 Å². The van der Waals surface area contributed by atoms with E-state index in [-0.39, 0.29) is 5.91 Å². The predicted octanol–water partition coefficient (Wildman–Crippen LogP) is 4.56. The van der Waals surface area contributed by atoms with E-state index in [1.807, 2.05) is 25.0 Å². The van der Waals surface area contributed by atoms with Crippen LogP contribution in [0.5, 0.6) is 0 Å². The van der Waals surface area contributed by atoms with E-state index in [0.717, 1.165) is 58.1 Å². The summed E-state index contributed by atoms with van der Waals surface area (Å²) >= 11 is 0. The summed E-state index contributed by atoms with van der Waals surface area (Å²) in [4.78, 5) is 21.0. The van der Waals surface area contributed by atoms with Crippen molar-refractivity contribution in [1.29, 1.82) is 5.26 Å². The summed E-state index contributed by atoms with van der Waals surface area (Å²) in [6.45, 7) is 0.914. The largest absolute Gasteiger partial charge is 0.362 e. The van der Waals surface area contributed by atoms with Gasteiger partial charge in [-0.25, -0.2) is 13.8 Å². The fourth-order valence-electron chi connectivity index (χ4n) is 9.14. The predicted molar refractivity (Wildman–Crippen MR) is 164 cm³/mol. The number of amides is 1. The van der Waals surface area contributed by atoms with Gasteiger partial charge in [0.05, 0.1) is 52.7 Å². The lowest BCUT2D eigenvalue weighted by Crippen LogP contribution is -2.55. The second-order valence-electron chi connectivity index (χ2n) is 13.2. The Morgan fingerprint density at radius 3 is 2.60 bits per heavy atom. The molecular weight excluding hydrogens is 576 g/mol. The molecule has 232 valence electrons. The summed E-state index contributed by atoms with van der Waals surface area (Å²) in [5.41, 5.74) is 3.37. The Hall–Kier alpha value is -4.37. The normalized spacial score (nSPS) is 24.5. The quantitative estimate of drug-likeness (QED) is 0.328. The summed E-state index contributed by atoms with van der Waals surface area (Å²) in [6, 6.07) is 8.44. The molecule has 2 N–H and O–H groups in total. The molecule has 2 atom stereocenters. The lowest BCUT2D eigenvalue weighted by Gasteiger charge is -2.57. The lowest BCUT2D eigenvalue weighted by atomic mass is 9.44. The molecule has 3 aliphatic heterocycles. The molecule has 1 aromatic carbocycles. The van der Waals surface area contributed by atoms with Gasteiger partial charge in [0.1, 0.15) is 12.4 Å². The summed E-state index contributed by atoms with van der Waals surface area (Å²) in [6.07, 6.45) is 8.63. The number of alkyl halides is 2. The third kappa shape index (κ3) is 3.61. The molecule has 2 unspecified atom stereocenters. The van der Waals surface area contributed by atoms with Crippen LogP contribution in [-0.4, -0.2) is 57.0 Å². The van der Waals surface area contributed by atoms with Gasteiger partial charge in [-0.05, 0) is 61.9 Å². The number of likely N-dealkylation sites (N-methyl/N-ethyl adjacent to an activating group) is 1. The summed E-state index contributed by atoms with van der Waals surface area (Å²) in [7, 11) is 3.74. The molecule has 12 heteroatoms. The molecule has 0 bridgehead atoms. The first kappa shape index (κ1) is 28.1. The number of nitriles is 1. The number of hydrogen-bond acceptors (Lipinski definition) is 7. The Morgan fingerprint density at radius 1 is 1.09 bits per heavy atom. The molecule has 8 rings (SSSR count). The van der Waals surface area contributed by atoms with Gasteiger partial charge in [-0.1, -0.05) is 12.5 Å². The van der Waals surface area contributed by atoms with Crippen molar-refractivity contribution in [2.45, 2.75) is 68.4 Å². The van der Waals surface area contributed by atoms with Gasteiger partial charge in [0.25, 0.3) is 6.43 Å². The lowest BCUT2D eigenvalue weighted by molar-refractivity contribution is -0.123. The van der Waals surface area contributed by atoms with Crippen LogP contribution in [0.25, 0.3) is 10.9 Å². The monoisotopic (exact) mass is 611 g/mol. The number of hydrogen-bond donors (Lipinski definition) is 2. The van der Waals surface area contributed by atoms with Crippen LogP contribution in [0.15, 0.2) is 43.0 Å². The molecule has 1 aliphatic carbocycles. The summed E-state index contributed by atoms with van der Waals surface area (Å²) < 4.78 is 30.1. The maximum atomic E-state index is 14.3. The molecule has 45 heavy (non-hydrogen) atoms. The molecule has 4 aliphatic rings. The van der Waals surface area contributed by atoms with E-state index in [1.165, 1.54) is 4.68 Å². The zero-order valence-electron chi connectivity index (χ0n) is 25.4. The Bertz CT molecular complexity index is 1880. The number of halogens is 2. The first-order valence-electron chi connectivity index (χ1n) is 15.6. The van der Waals surface area contributed by atoms with Crippen LogP contribution in [0, 0.1) is 16.7 Å². The topological polar surface area (TPSA) is 117 Å². The zero-order chi connectivity index (χ0) is 31.1. The number of carbonyl (C=O) groups excluding carboxylic acids is 1. The van der Waals surface area contributed by atoms with Gasteiger partial charge in [-0.3, -0.25) is 14.2 Å². The third-order valence-electron chi connectivity index (χ3n) is 11.3. The van der Waals surface area contributed by atoms with Gasteiger partial charge < -0.3 is 15.5 Å². The maximum absolute atomic E-state index is 14.3. The highest BCUT2D eigenvalue weighted by atomic mass is 19.3. The minimum Gasteiger partial charge on any atom is -0.362 e. The molecule has 6 heterocycles. The maximum Gasteiger partial charge on any atom is 0.257 e. The molecule has 2 fully saturated rings. The van der Waals surface area contributed by atoms with Crippen LogP contribution >= 0.6 is 0 Å². The number of aromatic nitrogens is 5. The fraction of sp³-hybridized carbons (Fsp3) is 0.485. The van der Waals surface area contributed by atoms with Crippen LogP contribution in [0.2, 0.25) is 0 Å². The van der Waals surface area contributed by atoms with Gasteiger partial charge in [-0.15, -0.1) is 0 Å². The van der Waals surface area contributed by atoms with Crippen molar-refractivity contribution >= 4 is 28.3 Å². The van der Waals surface area contributed by atoms with Crippen molar-refractivity contribution < 1.29 is 13.6 Å². The average Bonchev–Trinajstić information content (AvgIpc) is 3.76. The van der Waals surface area contributed by atoms with E-state index in [4.69, 9.17) is 4.98 Å². The van der Waals surface area contributed by atoms with E-state index < -0.39 is 35.3 Å². The van der Waals surface area contributed by atoms with Crippen molar-refractivity contribution in [3.63, 3.8) is 0 Å². The van der Waals surface area contributed by atoms with E-state index >= 15 is 0 Å². The van der Waals surface area contributed by atoms with Crippen molar-refractivity contribution in [3.8, 4) is 6.07 Å². The Morgan fingerprint density at radius 2 is 1.89 bits per heavy atom. The van der Waals surface area contributed by atoms with Crippen LogP contribution in [0.1, 0.15) is 66.8 Å². The standard InChI is InChI=1S/C33H35F2N9O/c1-42-24-17-38-29-27(26(24)32(30(42)45)9-12-37-13-10-32)33(31(8-11-36)6-3-7-31,22-4-5-23-20(14-22)15-39-43(23)2)28(41-29)21-16-40-44(18-21)19-25(34)35/h4-5,14-18,25,28,37H,3,6-10,12-13,19H2,1-2H3,(H,38,41). The zero-order valence-corrected chi connectivity index (χ0v) is 25.4. The Labute approximate surface area is 259 Å². The van der Waals surface area contributed by atoms with Gasteiger partial charge in [0.2, 0.25) is 5.91 Å². The van der Waals surface area contributed by atoms with E-state index in [2.05, 4.69) is 45.1 Å². The molecule has 3 aromatic heterocycles. The van der Waals surface area contributed by atoms with Crippen molar-refractivity contribution in [2.24, 2.45) is 12.5 Å². The van der Waals surface area contributed by atoms with Gasteiger partial charge in [0.15, 0.2) is 0 Å². The van der Waals surface area contributed by atoms with E-state index in [0.29, 0.717) is 38.2 Å². The molecule has 1 spiro atoms. The minimum absolute atomic E-state index is 0.0713. The Balaban J connectivity index is 1.49. The highest BCUT2D eigenvalue weighted by molar-refractivity contribution is 6.09. The number of piperidine rings is 1. The second kappa shape index (κ2) is 9.81. The van der Waals surface area contributed by atoms with Crippen molar-refractivity contribution in [2.75, 3.05) is 30.4 Å². The molecular formula is C33H35F2N9O. The number of pyridine rings is 1. The molecule has 10 nitrogen and oxygen atoms in total. The number of anilines is 2. The van der Waals surface area contributed by atoms with Gasteiger partial charge in [0, 0.05) is 48.8 Å². The van der Waals surface area contributed by atoms with Crippen molar-refractivity contribution in [1.82, 2.24) is 29.9 Å². The first-order valence-corrected chi connectivity index (χ1v) is 15.6. The number of nitrogens with zero attached hydrogens (tertiary/aromatic N) is 7. The number of fused-ring (bicyclic) bond motifs is 5. The fourth-order valence-corrected chi connectivity index (χ4v) is 9.14. The van der Waals surface area contributed by atoms with Crippen LogP contribution < -0.4 is 15.5 Å². The van der Waals surface area contributed by atoms with Crippen LogP contribution in [-0.2, 0) is 29.2 Å². The molecule has 1 saturated heterocycles. The number of rotatable bonds is 6. The van der Waals surface area contributed by atoms with Crippen LogP contribution in [0.3, 0.4) is 0 Å². The number of benzene rings is 1. The van der Waals surface area contributed by atoms with Gasteiger partial charge in [-0.2, -0.15) is 15.5 Å². The van der Waals surface area contributed by atoms with Crippen LogP contribution in [0.4, 0.5) is 20.3 Å². The minimum atomic E-state index is -2.55. The Kier molecular flexibility index (Phi) is 6.13. The third-order valence-corrected chi connectivity index (χ3v) is 11.3. The average molecular weight is 612 g/mol. The van der Waals surface area contributed by atoms with E-state index in [9.17, 15) is 18.8 Å². The second-order valence-corrected chi connectivity index (χ2v) is 13.2. The molecule has 1 amide bonds. The first-order chi connectivity index (χ1) is 21.8. The number of aryl methyl sites for hydroxylation is 1. The SMILES string of the molecule is CN1C(=O)C2(CCNCC2)c2c1cnc1c2C(c2ccc3c(cnn3C)c2)(C2(CC#N)CCC2)C(c2cnn(CC(F)F)c2)N1. The van der Waals surface area contributed by atoms with Crippen molar-refractivity contribution in [3.05, 3.63) is 65.2 Å². The number of carbonyl (C=O) groups is 1. The molecule has 4 aromatic rings. The summed E-state index contributed by atoms with van der Waals surface area (Å²) in [5, 5.41) is 27.4. The highest BCUT2D eigenvalue weighted by Gasteiger charge is 2.67. The molecule has 1 saturated carbocycles. The highest BCUT2D eigenvalue weighted by Crippen LogP contribution is 2.71. The van der Waals surface area contributed by atoms with E-state index in [1.54, 1.807) is 23.5 Å². The summed E-state index contributed by atoms with van der Waals surface area (Å²) in [5.74, 6) is 0.749. The number of nitrogens with one attached hydrogen (secondary N) is 2. The molecule has 0 radical (unpaired) electrons. The smallest absolute Gasteiger partial charge is 0.257 e.